The summed E-state index contributed by atoms with van der Waals surface area (Å²) < 4.78 is 4.58. The molecule has 0 N–H and O–H groups in total. The molecular formula is C10H19NO3. The van der Waals surface area contributed by atoms with Gasteiger partial charge >= 0.3 is 5.97 Å². The molecule has 0 saturated heterocycles. The number of nitrogens with zero attached hydrogens (tertiary/aromatic N) is 1. The summed E-state index contributed by atoms with van der Waals surface area (Å²) in [5.74, 6) is -0.727. The van der Waals surface area contributed by atoms with E-state index in [2.05, 4.69) is 4.74 Å². The van der Waals surface area contributed by atoms with Gasteiger partial charge in [-0.2, -0.15) is 0 Å². The van der Waals surface area contributed by atoms with Crippen LogP contribution in [-0.4, -0.2) is 37.0 Å². The van der Waals surface area contributed by atoms with Gasteiger partial charge in [0.05, 0.1) is 7.11 Å². The third kappa shape index (κ3) is 2.47. The van der Waals surface area contributed by atoms with E-state index in [1.165, 1.54) is 12.0 Å². The number of hydrogen-bond acceptors (Lipinski definition) is 3. The summed E-state index contributed by atoms with van der Waals surface area (Å²) in [4.78, 5) is 24.7. The van der Waals surface area contributed by atoms with Gasteiger partial charge in [-0.25, -0.2) is 0 Å². The summed E-state index contributed by atoms with van der Waals surface area (Å²) in [6.45, 7) is 6.93. The second-order valence-corrected chi connectivity index (χ2v) is 4.13. The highest BCUT2D eigenvalue weighted by molar-refractivity contribution is 6.01. The zero-order valence-electron chi connectivity index (χ0n) is 9.75. The standard InChI is InChI=1S/C10H19NO3/c1-7(2)11(5)8(12)10(3,4)9(13)14-6/h7H,1-6H3. The molecule has 0 rings (SSSR count). The van der Waals surface area contributed by atoms with Crippen molar-refractivity contribution in [1.82, 2.24) is 4.90 Å². The van der Waals surface area contributed by atoms with E-state index in [0.717, 1.165) is 0 Å². The van der Waals surface area contributed by atoms with Crippen molar-refractivity contribution in [2.45, 2.75) is 33.7 Å². The fourth-order valence-electron chi connectivity index (χ4n) is 1.02. The van der Waals surface area contributed by atoms with Crippen molar-refractivity contribution in [2.75, 3.05) is 14.2 Å². The largest absolute Gasteiger partial charge is 0.468 e. The van der Waals surface area contributed by atoms with E-state index in [0.29, 0.717) is 0 Å². The Labute approximate surface area is 85.2 Å². The minimum Gasteiger partial charge on any atom is -0.468 e. The average molecular weight is 201 g/mol. The predicted octanol–water partition coefficient (Wildman–Crippen LogP) is 1.05. The van der Waals surface area contributed by atoms with Crippen LogP contribution in [0.25, 0.3) is 0 Å². The van der Waals surface area contributed by atoms with Crippen LogP contribution in [-0.2, 0) is 14.3 Å². The Hall–Kier alpha value is -1.06. The third-order valence-corrected chi connectivity index (χ3v) is 2.33. The first-order valence-electron chi connectivity index (χ1n) is 4.60. The molecule has 0 atom stereocenters. The van der Waals surface area contributed by atoms with Crippen molar-refractivity contribution >= 4 is 11.9 Å². The van der Waals surface area contributed by atoms with E-state index in [9.17, 15) is 9.59 Å². The zero-order chi connectivity index (χ0) is 11.5. The Bertz CT molecular complexity index is 234. The van der Waals surface area contributed by atoms with E-state index in [4.69, 9.17) is 0 Å². The summed E-state index contributed by atoms with van der Waals surface area (Å²) in [5.41, 5.74) is -1.10. The topological polar surface area (TPSA) is 46.6 Å². The Morgan fingerprint density at radius 3 is 2.00 bits per heavy atom. The fraction of sp³-hybridized carbons (Fsp3) is 0.800. The van der Waals surface area contributed by atoms with Crippen molar-refractivity contribution in [1.29, 1.82) is 0 Å². The molecule has 82 valence electrons. The van der Waals surface area contributed by atoms with Gasteiger partial charge in [0.2, 0.25) is 5.91 Å². The summed E-state index contributed by atoms with van der Waals surface area (Å²) in [6, 6.07) is 0.0754. The minimum absolute atomic E-state index is 0.0754. The molecule has 0 fully saturated rings. The highest BCUT2D eigenvalue weighted by atomic mass is 16.5. The van der Waals surface area contributed by atoms with Crippen molar-refractivity contribution in [3.8, 4) is 0 Å². The molecule has 0 aromatic rings. The lowest BCUT2D eigenvalue weighted by Gasteiger charge is -2.29. The number of carbonyl (C=O) groups is 2. The Morgan fingerprint density at radius 2 is 1.71 bits per heavy atom. The first kappa shape index (κ1) is 12.9. The Balaban J connectivity index is 4.75. The lowest BCUT2D eigenvalue weighted by molar-refractivity contribution is -0.160. The maximum atomic E-state index is 11.8. The first-order valence-corrected chi connectivity index (χ1v) is 4.60. The van der Waals surface area contributed by atoms with Crippen LogP contribution in [0.5, 0.6) is 0 Å². The molecule has 0 radical (unpaired) electrons. The van der Waals surface area contributed by atoms with Crippen molar-refractivity contribution in [3.05, 3.63) is 0 Å². The minimum atomic E-state index is -1.10. The van der Waals surface area contributed by atoms with E-state index >= 15 is 0 Å². The van der Waals surface area contributed by atoms with Gasteiger partial charge in [-0.1, -0.05) is 0 Å². The lowest BCUT2D eigenvalue weighted by atomic mass is 9.91. The van der Waals surface area contributed by atoms with E-state index in [-0.39, 0.29) is 11.9 Å². The molecule has 0 heterocycles. The smallest absolute Gasteiger partial charge is 0.320 e. The molecule has 1 amide bonds. The predicted molar refractivity (Wildman–Crippen MR) is 53.7 cm³/mol. The van der Waals surface area contributed by atoms with Gasteiger partial charge < -0.3 is 9.64 Å². The van der Waals surface area contributed by atoms with Crippen LogP contribution >= 0.6 is 0 Å². The summed E-state index contributed by atoms with van der Waals surface area (Å²) in [5, 5.41) is 0. The normalized spacial score (nSPS) is 11.4. The number of amides is 1. The van der Waals surface area contributed by atoms with E-state index in [1.807, 2.05) is 13.8 Å². The molecular weight excluding hydrogens is 182 g/mol. The number of hydrogen-bond donors (Lipinski definition) is 0. The number of methoxy groups -OCH3 is 1. The van der Waals surface area contributed by atoms with E-state index in [1.54, 1.807) is 20.9 Å². The van der Waals surface area contributed by atoms with Crippen LogP contribution in [0.2, 0.25) is 0 Å². The van der Waals surface area contributed by atoms with Crippen LogP contribution in [0, 0.1) is 5.41 Å². The van der Waals surface area contributed by atoms with E-state index < -0.39 is 11.4 Å². The first-order chi connectivity index (χ1) is 6.25. The molecule has 0 spiro atoms. The third-order valence-electron chi connectivity index (χ3n) is 2.33. The Morgan fingerprint density at radius 1 is 1.29 bits per heavy atom. The van der Waals surface area contributed by atoms with Gasteiger partial charge in [0.25, 0.3) is 0 Å². The van der Waals surface area contributed by atoms with Crippen molar-refractivity contribution in [3.63, 3.8) is 0 Å². The van der Waals surface area contributed by atoms with Crippen molar-refractivity contribution < 1.29 is 14.3 Å². The van der Waals surface area contributed by atoms with Gasteiger partial charge in [-0.3, -0.25) is 9.59 Å². The molecule has 0 unspecified atom stereocenters. The zero-order valence-corrected chi connectivity index (χ0v) is 9.75. The maximum absolute atomic E-state index is 11.8. The van der Waals surface area contributed by atoms with Crippen molar-refractivity contribution in [2.24, 2.45) is 5.41 Å². The molecule has 4 heteroatoms. The Kier molecular flexibility index (Phi) is 4.10. The van der Waals surface area contributed by atoms with Crippen LogP contribution in [0.1, 0.15) is 27.7 Å². The van der Waals surface area contributed by atoms with Gasteiger partial charge in [0.1, 0.15) is 5.41 Å². The van der Waals surface area contributed by atoms with Gasteiger partial charge in [0, 0.05) is 13.1 Å². The lowest BCUT2D eigenvalue weighted by Crippen LogP contribution is -2.46. The second-order valence-electron chi connectivity index (χ2n) is 4.13. The number of carbonyl (C=O) groups excluding carboxylic acids is 2. The molecule has 0 bridgehead atoms. The van der Waals surface area contributed by atoms with Crippen LogP contribution in [0.3, 0.4) is 0 Å². The van der Waals surface area contributed by atoms with Gasteiger partial charge in [-0.15, -0.1) is 0 Å². The molecule has 0 aromatic carbocycles. The van der Waals surface area contributed by atoms with Gasteiger partial charge in [0.15, 0.2) is 0 Å². The number of ether oxygens (including phenoxy) is 1. The average Bonchev–Trinajstić information content (AvgIpc) is 2.13. The SMILES string of the molecule is COC(=O)C(C)(C)C(=O)N(C)C(C)C. The number of esters is 1. The van der Waals surface area contributed by atoms with Gasteiger partial charge in [-0.05, 0) is 27.7 Å². The summed E-state index contributed by atoms with van der Waals surface area (Å²) in [6.07, 6.45) is 0. The van der Waals surface area contributed by atoms with Crippen LogP contribution in [0.4, 0.5) is 0 Å². The summed E-state index contributed by atoms with van der Waals surface area (Å²) >= 11 is 0. The molecule has 0 aliphatic heterocycles. The molecule has 0 aliphatic rings. The van der Waals surface area contributed by atoms with Crippen LogP contribution < -0.4 is 0 Å². The molecule has 0 aromatic heterocycles. The molecule has 0 aliphatic carbocycles. The second kappa shape index (κ2) is 4.44. The van der Waals surface area contributed by atoms with Crippen LogP contribution in [0.15, 0.2) is 0 Å². The molecule has 14 heavy (non-hydrogen) atoms. The fourth-order valence-corrected chi connectivity index (χ4v) is 1.02. The monoisotopic (exact) mass is 201 g/mol. The molecule has 4 nitrogen and oxygen atoms in total. The quantitative estimate of drug-likeness (QED) is 0.506. The molecule has 0 saturated carbocycles. The highest BCUT2D eigenvalue weighted by Crippen LogP contribution is 2.21. The summed E-state index contributed by atoms with van der Waals surface area (Å²) in [7, 11) is 2.96. The number of rotatable bonds is 3. The maximum Gasteiger partial charge on any atom is 0.320 e. The highest BCUT2D eigenvalue weighted by Gasteiger charge is 2.39.